The number of fused-ring (bicyclic) bond motifs is 5. The first kappa shape index (κ1) is 36.9. The Morgan fingerprint density at radius 2 is 1.92 bits per heavy atom. The molecule has 11 N–H and O–H groups in total. The molecule has 15 atom stereocenters. The van der Waals surface area contributed by atoms with Gasteiger partial charge < -0.3 is 56.8 Å². The Labute approximate surface area is 289 Å². The van der Waals surface area contributed by atoms with Gasteiger partial charge in [0, 0.05) is 36.6 Å². The molecule has 0 radical (unpaired) electrons. The minimum Gasteiger partial charge on any atom is -0.396 e. The van der Waals surface area contributed by atoms with Crippen molar-refractivity contribution < 1.29 is 45.3 Å². The summed E-state index contributed by atoms with van der Waals surface area (Å²) in [7, 11) is 0. The molecular formula is C37H59N3O9. The van der Waals surface area contributed by atoms with Crippen molar-refractivity contribution >= 4 is 5.78 Å². The van der Waals surface area contributed by atoms with Gasteiger partial charge in [-0.25, -0.2) is 0 Å². The monoisotopic (exact) mass is 689 g/mol. The number of aliphatic hydroxyl groups is 7. The highest BCUT2D eigenvalue weighted by Gasteiger charge is 2.71. The number of ketones is 1. The first-order valence-corrected chi connectivity index (χ1v) is 18.3. The molecule has 276 valence electrons. The molecule has 4 aliphatic carbocycles. The molecule has 0 aromatic rings. The summed E-state index contributed by atoms with van der Waals surface area (Å²) in [4.78, 5) is 14.8. The molecule has 2 heterocycles. The molecule has 49 heavy (non-hydrogen) atoms. The molecule has 6 rings (SSSR count). The van der Waals surface area contributed by atoms with E-state index in [2.05, 4.69) is 10.6 Å². The second kappa shape index (κ2) is 13.3. The molecule has 4 fully saturated rings. The van der Waals surface area contributed by atoms with Gasteiger partial charge in [0.25, 0.3) is 0 Å². The summed E-state index contributed by atoms with van der Waals surface area (Å²) < 4.78 is 5.93. The van der Waals surface area contributed by atoms with E-state index in [9.17, 15) is 40.5 Å². The van der Waals surface area contributed by atoms with Gasteiger partial charge in [-0.15, -0.1) is 0 Å². The Morgan fingerprint density at radius 3 is 2.57 bits per heavy atom. The highest BCUT2D eigenvalue weighted by Crippen LogP contribution is 2.70. The largest absolute Gasteiger partial charge is 0.396 e. The van der Waals surface area contributed by atoms with E-state index in [4.69, 9.17) is 10.5 Å². The first-order valence-electron chi connectivity index (χ1n) is 18.3. The summed E-state index contributed by atoms with van der Waals surface area (Å²) in [5.74, 6) is -2.11. The maximum atomic E-state index is 14.8. The van der Waals surface area contributed by atoms with Crippen molar-refractivity contribution in [3.63, 3.8) is 0 Å². The van der Waals surface area contributed by atoms with Crippen LogP contribution in [0.5, 0.6) is 0 Å². The lowest BCUT2D eigenvalue weighted by atomic mass is 9.43. The standard InChI is InChI=1S/C37H59N3O9/c1-19-18-49-32(22(19)17-41)33(46)35(4,47)27-9-12-37(48)29-23(8-10-34(27,37)3)36(11-7-21-5-6-28(38)39-16-21)14-26(44)25(43)13-24(36)31(45)30(29)40-15-20(2)42/h5-6,16,19-20,22-28,32-33,39-44,46-48H,7-15,17-18,38H2,1-4H3. The summed E-state index contributed by atoms with van der Waals surface area (Å²) in [6.07, 6.45) is 3.50. The van der Waals surface area contributed by atoms with E-state index in [0.29, 0.717) is 44.3 Å². The van der Waals surface area contributed by atoms with Crippen molar-refractivity contribution in [1.82, 2.24) is 10.6 Å². The van der Waals surface area contributed by atoms with Gasteiger partial charge in [-0.05, 0) is 106 Å². The number of hydrogen-bond acceptors (Lipinski definition) is 12. The van der Waals surface area contributed by atoms with Gasteiger partial charge in [-0.3, -0.25) is 4.79 Å². The number of Topliss-reactive ketones (excluding diaryl/α,β-unsaturated/α-hetero) is 1. The third-order valence-electron chi connectivity index (χ3n) is 13.9. The number of rotatable bonds is 10. The summed E-state index contributed by atoms with van der Waals surface area (Å²) in [5, 5.41) is 86.0. The minimum atomic E-state index is -1.69. The van der Waals surface area contributed by atoms with E-state index < -0.39 is 64.4 Å². The SMILES string of the molecule is CC(O)CNC1=C2C(CCC3(C)C(C(C)(O)C(O)C4OCC(C)C4CO)CCC23O)C2(CCC3=CNC(N)C=C3)CC(O)C(O)CC2C1=O. The molecule has 12 nitrogen and oxygen atoms in total. The third kappa shape index (κ3) is 5.83. The highest BCUT2D eigenvalue weighted by atomic mass is 16.5. The normalized spacial score (nSPS) is 45.8. The van der Waals surface area contributed by atoms with Gasteiger partial charge in [0.05, 0.1) is 54.1 Å². The van der Waals surface area contributed by atoms with Crippen LogP contribution in [0.3, 0.4) is 0 Å². The lowest BCUT2D eigenvalue weighted by Crippen LogP contribution is -2.65. The molecule has 3 saturated carbocycles. The molecule has 0 aromatic heterocycles. The van der Waals surface area contributed by atoms with Crippen LogP contribution in [0.4, 0.5) is 0 Å². The van der Waals surface area contributed by atoms with Gasteiger partial charge >= 0.3 is 0 Å². The van der Waals surface area contributed by atoms with Crippen LogP contribution in [0.25, 0.3) is 0 Å². The third-order valence-corrected chi connectivity index (χ3v) is 13.9. The van der Waals surface area contributed by atoms with Crippen LogP contribution in [0, 0.1) is 40.4 Å². The van der Waals surface area contributed by atoms with Crippen molar-refractivity contribution in [2.75, 3.05) is 19.8 Å². The molecule has 15 unspecified atom stereocenters. The Morgan fingerprint density at radius 1 is 1.18 bits per heavy atom. The smallest absolute Gasteiger partial charge is 0.182 e. The zero-order valence-corrected chi connectivity index (χ0v) is 29.4. The van der Waals surface area contributed by atoms with Crippen molar-refractivity contribution in [2.45, 2.75) is 127 Å². The van der Waals surface area contributed by atoms with Gasteiger partial charge in [-0.1, -0.05) is 19.9 Å². The molecular weight excluding hydrogens is 630 g/mol. The number of carbonyl (C=O) groups is 1. The molecule has 12 heteroatoms. The van der Waals surface area contributed by atoms with Crippen LogP contribution in [-0.4, -0.2) is 109 Å². The van der Waals surface area contributed by atoms with Crippen molar-refractivity contribution in [3.8, 4) is 0 Å². The molecule has 1 saturated heterocycles. The maximum absolute atomic E-state index is 14.8. The lowest BCUT2D eigenvalue weighted by Gasteiger charge is -2.62. The zero-order chi connectivity index (χ0) is 35.7. The number of ether oxygens (including phenoxy) is 1. The van der Waals surface area contributed by atoms with Crippen molar-refractivity contribution in [2.24, 2.45) is 46.2 Å². The predicted octanol–water partition coefficient (Wildman–Crippen LogP) is 0.333. The lowest BCUT2D eigenvalue weighted by molar-refractivity contribution is -0.198. The van der Waals surface area contributed by atoms with E-state index >= 15 is 0 Å². The predicted molar refractivity (Wildman–Crippen MR) is 181 cm³/mol. The fourth-order valence-corrected chi connectivity index (χ4v) is 11.1. The Balaban J connectivity index is 1.42. The van der Waals surface area contributed by atoms with Gasteiger partial charge in [0.2, 0.25) is 0 Å². The average Bonchev–Trinajstić information content (AvgIpc) is 3.57. The number of nitrogens with one attached hydrogen (secondary N) is 2. The number of hydrogen-bond donors (Lipinski definition) is 10. The Bertz CT molecular complexity index is 1370. The van der Waals surface area contributed by atoms with Gasteiger partial charge in [0.1, 0.15) is 6.10 Å². The first-order chi connectivity index (χ1) is 23.0. The van der Waals surface area contributed by atoms with E-state index in [-0.39, 0.29) is 67.8 Å². The molecule has 0 bridgehead atoms. The number of dihydropyridines is 1. The Hall–Kier alpha value is -1.87. The fourth-order valence-electron chi connectivity index (χ4n) is 11.1. The molecule has 0 amide bonds. The quantitative estimate of drug-likeness (QED) is 0.150. The maximum Gasteiger partial charge on any atom is 0.182 e. The summed E-state index contributed by atoms with van der Waals surface area (Å²) in [6.45, 7) is 7.37. The van der Waals surface area contributed by atoms with E-state index in [1.54, 1.807) is 13.8 Å². The number of allylic oxidation sites excluding steroid dienone is 3. The second-order valence-corrected chi connectivity index (χ2v) is 16.8. The number of carbonyl (C=O) groups excluding carboxylic acids is 1. The second-order valence-electron chi connectivity index (χ2n) is 16.8. The Kier molecular flexibility index (Phi) is 10.00. The van der Waals surface area contributed by atoms with Crippen LogP contribution in [-0.2, 0) is 9.53 Å². The molecule has 6 aliphatic rings. The van der Waals surface area contributed by atoms with Crippen LogP contribution in [0.2, 0.25) is 0 Å². The topological polar surface area (TPSA) is 218 Å². The fraction of sp³-hybridized carbons (Fsp3) is 0.811. The van der Waals surface area contributed by atoms with Crippen LogP contribution in [0.15, 0.2) is 35.2 Å². The van der Waals surface area contributed by atoms with Crippen LogP contribution in [0.1, 0.15) is 79.1 Å². The minimum absolute atomic E-state index is 0.00817. The molecule has 0 spiro atoms. The highest BCUT2D eigenvalue weighted by molar-refractivity contribution is 6.00. The van der Waals surface area contributed by atoms with E-state index in [0.717, 1.165) is 5.57 Å². The van der Waals surface area contributed by atoms with Gasteiger partial charge in [-0.2, -0.15) is 0 Å². The summed E-state index contributed by atoms with van der Waals surface area (Å²) >= 11 is 0. The van der Waals surface area contributed by atoms with Crippen molar-refractivity contribution in [1.29, 1.82) is 0 Å². The zero-order valence-electron chi connectivity index (χ0n) is 29.4. The van der Waals surface area contributed by atoms with Crippen molar-refractivity contribution in [3.05, 3.63) is 35.2 Å². The average molecular weight is 690 g/mol. The summed E-state index contributed by atoms with van der Waals surface area (Å²) in [5.41, 5.74) is 2.82. The summed E-state index contributed by atoms with van der Waals surface area (Å²) in [6, 6.07) is 0. The molecule has 0 aromatic carbocycles. The number of aliphatic hydroxyl groups excluding tert-OH is 5. The molecule has 2 aliphatic heterocycles. The van der Waals surface area contributed by atoms with E-state index in [1.165, 1.54) is 0 Å². The van der Waals surface area contributed by atoms with Gasteiger partial charge in [0.15, 0.2) is 5.78 Å². The van der Waals surface area contributed by atoms with E-state index in [1.807, 2.05) is 32.2 Å². The van der Waals surface area contributed by atoms with Crippen LogP contribution < -0.4 is 16.4 Å². The van der Waals surface area contributed by atoms with Crippen LogP contribution >= 0.6 is 0 Å². The number of nitrogens with two attached hydrogens (primary N) is 1.